The lowest BCUT2D eigenvalue weighted by Crippen LogP contribution is -2.57. The Hall–Kier alpha value is -0.830. The fraction of sp³-hybridized carbons (Fsp3) is 0.333. The van der Waals surface area contributed by atoms with E-state index >= 15 is 0 Å². The molecule has 1 saturated heterocycles. The summed E-state index contributed by atoms with van der Waals surface area (Å²) in [5, 5.41) is 8.65. The van der Waals surface area contributed by atoms with Crippen molar-refractivity contribution < 1.29 is 0 Å². The summed E-state index contributed by atoms with van der Waals surface area (Å²) < 4.78 is 0. The van der Waals surface area contributed by atoms with Crippen molar-refractivity contribution in [1.29, 1.82) is 0 Å². The van der Waals surface area contributed by atoms with Gasteiger partial charge in [-0.25, -0.2) is 0 Å². The highest BCUT2D eigenvalue weighted by atomic mass is 35.5. The van der Waals surface area contributed by atoms with Gasteiger partial charge in [-0.3, -0.25) is 0 Å². The quantitative estimate of drug-likeness (QED) is 0.894. The summed E-state index contributed by atoms with van der Waals surface area (Å²) in [5.41, 5.74) is 3.12. The Morgan fingerprint density at radius 2 is 2.17 bits per heavy atom. The van der Waals surface area contributed by atoms with E-state index in [4.69, 9.17) is 11.6 Å². The maximum absolute atomic E-state index is 6.11. The third-order valence-electron chi connectivity index (χ3n) is 3.84. The van der Waals surface area contributed by atoms with Crippen molar-refractivity contribution in [1.82, 2.24) is 5.32 Å². The lowest BCUT2D eigenvalue weighted by Gasteiger charge is -2.43. The van der Waals surface area contributed by atoms with Crippen molar-refractivity contribution in [2.45, 2.75) is 18.3 Å². The van der Waals surface area contributed by atoms with E-state index in [0.29, 0.717) is 0 Å². The average Bonchev–Trinajstić information content (AvgIpc) is 2.81. The summed E-state index contributed by atoms with van der Waals surface area (Å²) in [5.74, 6) is 0. The van der Waals surface area contributed by atoms with Crippen LogP contribution in [0.25, 0.3) is 0 Å². The Kier molecular flexibility index (Phi) is 3.42. The normalized spacial score (nSPS) is 17.4. The number of hydrogen-bond acceptors (Lipinski definition) is 2. The molecule has 1 fully saturated rings. The molecule has 0 amide bonds. The molecule has 18 heavy (non-hydrogen) atoms. The summed E-state index contributed by atoms with van der Waals surface area (Å²) in [7, 11) is 0. The average molecular weight is 278 g/mol. The highest BCUT2D eigenvalue weighted by Gasteiger charge is 2.38. The van der Waals surface area contributed by atoms with Gasteiger partial charge < -0.3 is 5.32 Å². The third kappa shape index (κ3) is 2.33. The number of nitrogens with one attached hydrogen (secondary N) is 1. The number of aryl methyl sites for hydroxylation is 1. The first-order chi connectivity index (χ1) is 8.78. The largest absolute Gasteiger partial charge is 0.315 e. The second-order valence-electron chi connectivity index (χ2n) is 5.03. The Balaban J connectivity index is 1.78. The van der Waals surface area contributed by atoms with Gasteiger partial charge in [0.05, 0.1) is 0 Å². The zero-order chi connectivity index (χ0) is 12.4. The first-order valence-electron chi connectivity index (χ1n) is 6.26. The van der Waals surface area contributed by atoms with Crippen LogP contribution in [0.2, 0.25) is 5.02 Å². The van der Waals surface area contributed by atoms with Gasteiger partial charge in [0.1, 0.15) is 0 Å². The van der Waals surface area contributed by atoms with Gasteiger partial charge >= 0.3 is 0 Å². The van der Waals surface area contributed by atoms with Crippen molar-refractivity contribution >= 4 is 22.9 Å². The molecule has 0 radical (unpaired) electrons. The minimum Gasteiger partial charge on any atom is -0.315 e. The molecule has 0 unspecified atom stereocenters. The SMILES string of the molecule is Clc1cccc(C2(CCc3ccsc3)CNC2)c1. The number of hydrogen-bond donors (Lipinski definition) is 1. The molecular formula is C15H16ClNS. The van der Waals surface area contributed by atoms with E-state index in [9.17, 15) is 0 Å². The van der Waals surface area contributed by atoms with E-state index in [2.05, 4.69) is 40.3 Å². The number of thiophene rings is 1. The number of rotatable bonds is 4. The summed E-state index contributed by atoms with van der Waals surface area (Å²) in [6, 6.07) is 10.6. The van der Waals surface area contributed by atoms with Gasteiger partial charge in [-0.2, -0.15) is 11.3 Å². The molecule has 0 bridgehead atoms. The highest BCUT2D eigenvalue weighted by molar-refractivity contribution is 7.07. The van der Waals surface area contributed by atoms with Crippen molar-refractivity contribution in [2.24, 2.45) is 0 Å². The van der Waals surface area contributed by atoms with Gasteiger partial charge in [0, 0.05) is 23.5 Å². The van der Waals surface area contributed by atoms with Crippen LogP contribution in [0.5, 0.6) is 0 Å². The van der Waals surface area contributed by atoms with Crippen LogP contribution in [0.1, 0.15) is 17.5 Å². The van der Waals surface area contributed by atoms with Crippen molar-refractivity contribution in [3.8, 4) is 0 Å². The summed E-state index contributed by atoms with van der Waals surface area (Å²) in [4.78, 5) is 0. The fourth-order valence-corrected chi connectivity index (χ4v) is 3.48. The molecule has 2 aromatic rings. The maximum atomic E-state index is 6.11. The van der Waals surface area contributed by atoms with Gasteiger partial charge in [0.25, 0.3) is 0 Å². The Morgan fingerprint density at radius 3 is 2.78 bits per heavy atom. The molecule has 2 heterocycles. The molecule has 94 valence electrons. The van der Waals surface area contributed by atoms with Crippen molar-refractivity contribution in [3.63, 3.8) is 0 Å². The molecule has 0 saturated carbocycles. The number of benzene rings is 1. The topological polar surface area (TPSA) is 12.0 Å². The molecule has 0 spiro atoms. The van der Waals surface area contributed by atoms with Gasteiger partial charge in [-0.15, -0.1) is 0 Å². The predicted octanol–water partition coefficient (Wildman–Crippen LogP) is 3.88. The van der Waals surface area contributed by atoms with Gasteiger partial charge in [-0.1, -0.05) is 23.7 Å². The van der Waals surface area contributed by atoms with Crippen LogP contribution in [-0.2, 0) is 11.8 Å². The first-order valence-corrected chi connectivity index (χ1v) is 7.58. The summed E-state index contributed by atoms with van der Waals surface area (Å²) in [6.07, 6.45) is 2.34. The molecule has 1 aliphatic heterocycles. The summed E-state index contributed by atoms with van der Waals surface area (Å²) in [6.45, 7) is 2.13. The van der Waals surface area contributed by atoms with Crippen LogP contribution in [-0.4, -0.2) is 13.1 Å². The molecule has 1 aromatic carbocycles. The van der Waals surface area contributed by atoms with Crippen molar-refractivity contribution in [3.05, 3.63) is 57.2 Å². The van der Waals surface area contributed by atoms with Crippen LogP contribution in [0, 0.1) is 0 Å². The van der Waals surface area contributed by atoms with Crippen LogP contribution < -0.4 is 5.32 Å². The minimum atomic E-state index is 0.285. The molecule has 0 atom stereocenters. The van der Waals surface area contributed by atoms with Gasteiger partial charge in [0.15, 0.2) is 0 Å². The fourth-order valence-electron chi connectivity index (χ4n) is 2.59. The van der Waals surface area contributed by atoms with E-state index in [-0.39, 0.29) is 5.41 Å². The van der Waals surface area contributed by atoms with E-state index < -0.39 is 0 Å². The van der Waals surface area contributed by atoms with Crippen LogP contribution in [0.3, 0.4) is 0 Å². The highest BCUT2D eigenvalue weighted by Crippen LogP contribution is 2.34. The smallest absolute Gasteiger partial charge is 0.0408 e. The third-order valence-corrected chi connectivity index (χ3v) is 4.80. The molecule has 1 nitrogen and oxygen atoms in total. The Labute approximate surface area is 117 Å². The van der Waals surface area contributed by atoms with E-state index in [1.54, 1.807) is 11.3 Å². The molecule has 0 aliphatic carbocycles. The van der Waals surface area contributed by atoms with Crippen LogP contribution in [0.15, 0.2) is 41.1 Å². The Bertz CT molecular complexity index is 517. The first kappa shape index (κ1) is 12.2. The standard InChI is InChI=1S/C15H16ClNS/c16-14-3-1-2-13(8-14)15(10-17-11-15)6-4-12-5-7-18-9-12/h1-3,5,7-9,17H,4,6,10-11H2. The lowest BCUT2D eigenvalue weighted by atomic mass is 9.71. The molecule has 1 aromatic heterocycles. The van der Waals surface area contributed by atoms with E-state index in [0.717, 1.165) is 24.5 Å². The second kappa shape index (κ2) is 5.04. The predicted molar refractivity (Wildman–Crippen MR) is 78.6 cm³/mol. The van der Waals surface area contributed by atoms with E-state index in [1.165, 1.54) is 17.5 Å². The Morgan fingerprint density at radius 1 is 1.28 bits per heavy atom. The van der Waals surface area contributed by atoms with Crippen LogP contribution in [0.4, 0.5) is 0 Å². The summed E-state index contributed by atoms with van der Waals surface area (Å²) >= 11 is 7.89. The molecular weight excluding hydrogens is 262 g/mol. The lowest BCUT2D eigenvalue weighted by molar-refractivity contribution is 0.258. The zero-order valence-electron chi connectivity index (χ0n) is 10.2. The maximum Gasteiger partial charge on any atom is 0.0408 e. The van der Waals surface area contributed by atoms with Crippen LogP contribution >= 0.6 is 22.9 Å². The number of halogens is 1. The van der Waals surface area contributed by atoms with Gasteiger partial charge in [0.2, 0.25) is 0 Å². The van der Waals surface area contributed by atoms with E-state index in [1.807, 2.05) is 6.07 Å². The molecule has 1 N–H and O–H groups in total. The zero-order valence-corrected chi connectivity index (χ0v) is 11.7. The minimum absolute atomic E-state index is 0.285. The second-order valence-corrected chi connectivity index (χ2v) is 6.24. The van der Waals surface area contributed by atoms with Crippen molar-refractivity contribution in [2.75, 3.05) is 13.1 Å². The monoisotopic (exact) mass is 277 g/mol. The van der Waals surface area contributed by atoms with Gasteiger partial charge in [-0.05, 0) is 52.9 Å². The molecule has 3 heteroatoms. The molecule has 3 rings (SSSR count). The molecule has 1 aliphatic rings.